The van der Waals surface area contributed by atoms with Gasteiger partial charge in [-0.3, -0.25) is 0 Å². The first kappa shape index (κ1) is 13.2. The molecule has 0 spiro atoms. The zero-order chi connectivity index (χ0) is 12.6. The highest BCUT2D eigenvalue weighted by Gasteiger charge is 2.09. The first-order valence-corrected chi connectivity index (χ1v) is 7.27. The number of hydrogen-bond donors (Lipinski definition) is 0. The minimum Gasteiger partial charge on any atom is -0.337 e. The van der Waals surface area contributed by atoms with Gasteiger partial charge in [0.25, 0.3) is 0 Å². The highest BCUT2D eigenvalue weighted by Crippen LogP contribution is 2.41. The molecule has 94 valence electrons. The molecule has 0 bridgehead atoms. The van der Waals surface area contributed by atoms with Crippen LogP contribution in [0.4, 0.5) is 0 Å². The van der Waals surface area contributed by atoms with Crippen LogP contribution in [-0.4, -0.2) is 7.11 Å². The van der Waals surface area contributed by atoms with E-state index < -0.39 is 8.38 Å². The Morgan fingerprint density at radius 2 is 1.39 bits per heavy atom. The fraction of sp³-hybridized carbons (Fsp3) is 0.200. The van der Waals surface area contributed by atoms with E-state index in [4.69, 9.17) is 9.05 Å². The van der Waals surface area contributed by atoms with Crippen LogP contribution < -0.4 is 0 Å². The van der Waals surface area contributed by atoms with Crippen LogP contribution in [-0.2, 0) is 21.8 Å². The van der Waals surface area contributed by atoms with Gasteiger partial charge in [0.1, 0.15) is 0 Å². The summed E-state index contributed by atoms with van der Waals surface area (Å²) in [6.07, 6.45) is 0.833. The van der Waals surface area contributed by atoms with Crippen LogP contribution in [0.2, 0.25) is 0 Å². The lowest BCUT2D eigenvalue weighted by atomic mass is 10.2. The molecule has 0 saturated heterocycles. The van der Waals surface area contributed by atoms with E-state index in [1.54, 1.807) is 7.11 Å². The second kappa shape index (κ2) is 7.27. The van der Waals surface area contributed by atoms with Crippen molar-refractivity contribution in [1.82, 2.24) is 0 Å². The first-order valence-electron chi connectivity index (χ1n) is 5.91. The first-order chi connectivity index (χ1) is 8.88. The Morgan fingerprint density at radius 3 is 1.94 bits per heavy atom. The van der Waals surface area contributed by atoms with Crippen LogP contribution in [0, 0.1) is 0 Å². The third-order valence-corrected chi connectivity index (χ3v) is 4.02. The molecule has 0 aliphatic rings. The summed E-state index contributed by atoms with van der Waals surface area (Å²) in [5.41, 5.74) is 2.42. The van der Waals surface area contributed by atoms with E-state index in [-0.39, 0.29) is 0 Å². The van der Waals surface area contributed by atoms with Gasteiger partial charge in [0.05, 0.1) is 6.61 Å². The monoisotopic (exact) mass is 260 g/mol. The molecule has 2 aromatic carbocycles. The van der Waals surface area contributed by atoms with E-state index in [0.717, 1.165) is 6.16 Å². The van der Waals surface area contributed by atoms with Gasteiger partial charge < -0.3 is 9.05 Å². The summed E-state index contributed by atoms with van der Waals surface area (Å²) in [7, 11) is 0.850. The molecular weight excluding hydrogens is 243 g/mol. The van der Waals surface area contributed by atoms with E-state index in [2.05, 4.69) is 24.3 Å². The van der Waals surface area contributed by atoms with Crippen LogP contribution in [0.5, 0.6) is 0 Å². The maximum atomic E-state index is 5.82. The molecule has 0 fully saturated rings. The molecule has 2 rings (SSSR count). The molecule has 2 aromatic rings. The van der Waals surface area contributed by atoms with Gasteiger partial charge in [-0.15, -0.1) is 0 Å². The lowest BCUT2D eigenvalue weighted by molar-refractivity contribution is 0.273. The Labute approximate surface area is 109 Å². The standard InChI is InChI=1S/C15H17O2P/c1-16-18(13-15-10-6-3-7-11-15)17-12-14-8-4-2-5-9-14/h2-11H,12-13H2,1H3. The SMILES string of the molecule is COP(Cc1ccccc1)OCc1ccccc1. The van der Waals surface area contributed by atoms with Crippen molar-refractivity contribution in [2.45, 2.75) is 12.8 Å². The zero-order valence-electron chi connectivity index (χ0n) is 10.5. The molecule has 0 heterocycles. The van der Waals surface area contributed by atoms with Crippen molar-refractivity contribution in [3.8, 4) is 0 Å². The molecule has 1 unspecified atom stereocenters. The van der Waals surface area contributed by atoms with Gasteiger partial charge in [0, 0.05) is 13.3 Å². The Balaban J connectivity index is 1.86. The van der Waals surface area contributed by atoms with Gasteiger partial charge >= 0.3 is 0 Å². The van der Waals surface area contributed by atoms with Crippen molar-refractivity contribution in [2.75, 3.05) is 7.11 Å². The molecule has 0 N–H and O–H groups in total. The molecule has 0 saturated carbocycles. The third-order valence-electron chi connectivity index (χ3n) is 2.58. The van der Waals surface area contributed by atoms with Gasteiger partial charge in [-0.25, -0.2) is 0 Å². The van der Waals surface area contributed by atoms with Crippen LogP contribution in [0.15, 0.2) is 60.7 Å². The lowest BCUT2D eigenvalue weighted by Gasteiger charge is -2.15. The van der Waals surface area contributed by atoms with Gasteiger partial charge in [-0.2, -0.15) is 0 Å². The van der Waals surface area contributed by atoms with Crippen LogP contribution >= 0.6 is 8.38 Å². The summed E-state index contributed by atoms with van der Waals surface area (Å²) < 4.78 is 11.2. The quantitative estimate of drug-likeness (QED) is 0.718. The van der Waals surface area contributed by atoms with E-state index in [1.807, 2.05) is 36.4 Å². The minimum atomic E-state index is -0.858. The Bertz CT molecular complexity index is 445. The Morgan fingerprint density at radius 1 is 0.833 bits per heavy atom. The summed E-state index contributed by atoms with van der Waals surface area (Å²) in [5.74, 6) is 0. The zero-order valence-corrected chi connectivity index (χ0v) is 11.3. The van der Waals surface area contributed by atoms with Gasteiger partial charge in [-0.05, 0) is 11.1 Å². The molecule has 0 aromatic heterocycles. The molecule has 0 radical (unpaired) electrons. The van der Waals surface area contributed by atoms with Crippen molar-refractivity contribution < 1.29 is 9.05 Å². The molecule has 0 aliphatic carbocycles. The number of hydrogen-bond acceptors (Lipinski definition) is 2. The summed E-state index contributed by atoms with van der Waals surface area (Å²) in [6, 6.07) is 20.5. The summed E-state index contributed by atoms with van der Waals surface area (Å²) in [6.45, 7) is 0.604. The topological polar surface area (TPSA) is 18.5 Å². The summed E-state index contributed by atoms with van der Waals surface area (Å²) in [5, 5.41) is 0. The predicted octanol–water partition coefficient (Wildman–Crippen LogP) is 4.36. The van der Waals surface area contributed by atoms with E-state index in [9.17, 15) is 0 Å². The predicted molar refractivity (Wildman–Crippen MR) is 75.3 cm³/mol. The Hall–Kier alpha value is -1.21. The maximum absolute atomic E-state index is 5.82. The summed E-state index contributed by atoms with van der Waals surface area (Å²) in [4.78, 5) is 0. The molecule has 0 aliphatic heterocycles. The van der Waals surface area contributed by atoms with Crippen LogP contribution in [0.25, 0.3) is 0 Å². The highest BCUT2D eigenvalue weighted by atomic mass is 31.2. The second-order valence-electron chi connectivity index (χ2n) is 3.92. The molecule has 2 nitrogen and oxygen atoms in total. The average molecular weight is 260 g/mol. The van der Waals surface area contributed by atoms with Crippen molar-refractivity contribution in [3.05, 3.63) is 71.8 Å². The van der Waals surface area contributed by atoms with Crippen molar-refractivity contribution in [1.29, 1.82) is 0 Å². The van der Waals surface area contributed by atoms with Crippen LogP contribution in [0.1, 0.15) is 11.1 Å². The van der Waals surface area contributed by atoms with Gasteiger partial charge in [-0.1, -0.05) is 60.7 Å². The number of benzene rings is 2. The normalized spacial score (nSPS) is 12.3. The minimum absolute atomic E-state index is 0.604. The number of rotatable bonds is 6. The Kier molecular flexibility index (Phi) is 5.35. The molecule has 1 atom stereocenters. The maximum Gasteiger partial charge on any atom is 0.175 e. The average Bonchev–Trinajstić information content (AvgIpc) is 2.45. The van der Waals surface area contributed by atoms with Gasteiger partial charge in [0.15, 0.2) is 8.38 Å². The molecule has 3 heteroatoms. The smallest absolute Gasteiger partial charge is 0.175 e. The van der Waals surface area contributed by atoms with Crippen molar-refractivity contribution in [2.24, 2.45) is 0 Å². The van der Waals surface area contributed by atoms with Crippen LogP contribution in [0.3, 0.4) is 0 Å². The third kappa shape index (κ3) is 4.23. The van der Waals surface area contributed by atoms with E-state index >= 15 is 0 Å². The second-order valence-corrected chi connectivity index (χ2v) is 5.52. The molecule has 0 amide bonds. The summed E-state index contributed by atoms with van der Waals surface area (Å²) >= 11 is 0. The highest BCUT2D eigenvalue weighted by molar-refractivity contribution is 7.46. The largest absolute Gasteiger partial charge is 0.337 e. The van der Waals surface area contributed by atoms with Crippen molar-refractivity contribution in [3.63, 3.8) is 0 Å². The lowest BCUT2D eigenvalue weighted by Crippen LogP contribution is -1.93. The fourth-order valence-corrected chi connectivity index (χ4v) is 2.74. The van der Waals surface area contributed by atoms with E-state index in [0.29, 0.717) is 6.61 Å². The van der Waals surface area contributed by atoms with Crippen molar-refractivity contribution >= 4 is 8.38 Å². The molecular formula is C15H17O2P. The van der Waals surface area contributed by atoms with E-state index in [1.165, 1.54) is 11.1 Å². The molecule has 18 heavy (non-hydrogen) atoms. The van der Waals surface area contributed by atoms with Gasteiger partial charge in [0.2, 0.25) is 0 Å². The fourth-order valence-electron chi connectivity index (χ4n) is 1.62.